The lowest BCUT2D eigenvalue weighted by molar-refractivity contribution is -0.138. The minimum Gasteiger partial charge on any atom is -0.339 e. The van der Waals surface area contributed by atoms with E-state index in [2.05, 4.69) is 0 Å². The van der Waals surface area contributed by atoms with E-state index in [1.54, 1.807) is 12.1 Å². The molecule has 3 aromatic carbocycles. The van der Waals surface area contributed by atoms with Crippen molar-refractivity contribution in [1.82, 2.24) is 9.80 Å². The largest absolute Gasteiger partial charge is 0.417 e. The predicted molar refractivity (Wildman–Crippen MR) is 129 cm³/mol. The number of ketones is 1. The molecule has 0 unspecified atom stereocenters. The van der Waals surface area contributed by atoms with Gasteiger partial charge in [-0.15, -0.1) is 0 Å². The molecule has 1 fully saturated rings. The van der Waals surface area contributed by atoms with Gasteiger partial charge in [0.2, 0.25) is 5.91 Å². The summed E-state index contributed by atoms with van der Waals surface area (Å²) >= 11 is 0. The van der Waals surface area contributed by atoms with E-state index in [0.717, 1.165) is 11.1 Å². The number of carbonyl (C=O) groups excluding carboxylic acids is 3. The first-order valence-corrected chi connectivity index (χ1v) is 11.8. The minimum absolute atomic E-state index is 0.00722. The molecule has 0 aliphatic carbocycles. The van der Waals surface area contributed by atoms with Gasteiger partial charge in [0.1, 0.15) is 5.82 Å². The molecule has 0 bridgehead atoms. The Kier molecular flexibility index (Phi) is 7.71. The highest BCUT2D eigenvalue weighted by Gasteiger charge is 2.37. The third-order valence-corrected chi connectivity index (χ3v) is 6.32. The Balaban J connectivity index is 1.30. The van der Waals surface area contributed by atoms with Crippen LogP contribution in [0.1, 0.15) is 39.1 Å². The molecule has 1 saturated heterocycles. The third kappa shape index (κ3) is 6.22. The highest BCUT2D eigenvalue weighted by Crippen LogP contribution is 2.33. The average Bonchev–Trinajstić information content (AvgIpc) is 2.91. The molecule has 1 heterocycles. The molecule has 1 aliphatic rings. The molecule has 3 aromatic rings. The summed E-state index contributed by atoms with van der Waals surface area (Å²) < 4.78 is 53.4. The average molecular weight is 513 g/mol. The predicted octanol–water partition coefficient (Wildman–Crippen LogP) is 5.46. The molecule has 2 amide bonds. The van der Waals surface area contributed by atoms with Crippen molar-refractivity contribution >= 4 is 17.6 Å². The first-order chi connectivity index (χ1) is 17.6. The Labute approximate surface area is 211 Å². The van der Waals surface area contributed by atoms with Crippen LogP contribution in [0.25, 0.3) is 11.1 Å². The van der Waals surface area contributed by atoms with E-state index < -0.39 is 29.0 Å². The molecule has 0 radical (unpaired) electrons. The number of amides is 2. The van der Waals surface area contributed by atoms with Crippen molar-refractivity contribution in [2.45, 2.75) is 19.0 Å². The SMILES string of the molecule is O=C(CCC(=O)N1CCN(C(=O)c2cc(F)ccc2C(F)(F)F)CC1)c1ccc(-c2ccccc2)cc1. The van der Waals surface area contributed by atoms with Crippen LogP contribution < -0.4 is 0 Å². The van der Waals surface area contributed by atoms with Crippen molar-refractivity contribution in [2.24, 2.45) is 0 Å². The van der Waals surface area contributed by atoms with Gasteiger partial charge in [0, 0.05) is 44.6 Å². The molecule has 192 valence electrons. The van der Waals surface area contributed by atoms with Gasteiger partial charge in [-0.1, -0.05) is 54.6 Å². The summed E-state index contributed by atoms with van der Waals surface area (Å²) in [6.07, 6.45) is -4.80. The van der Waals surface area contributed by atoms with Crippen LogP contribution in [-0.4, -0.2) is 53.6 Å². The molecule has 1 aliphatic heterocycles. The molecule has 0 saturated carbocycles. The summed E-state index contributed by atoms with van der Waals surface area (Å²) in [6.45, 7) is 0.239. The van der Waals surface area contributed by atoms with Crippen molar-refractivity contribution < 1.29 is 31.9 Å². The number of piperazine rings is 1. The van der Waals surface area contributed by atoms with Crippen molar-refractivity contribution in [1.29, 1.82) is 0 Å². The molecule has 9 heteroatoms. The van der Waals surface area contributed by atoms with Crippen LogP contribution in [0.4, 0.5) is 17.6 Å². The molecular formula is C28H24F4N2O3. The molecule has 4 rings (SSSR count). The highest BCUT2D eigenvalue weighted by molar-refractivity contribution is 5.98. The van der Waals surface area contributed by atoms with Gasteiger partial charge in [0.15, 0.2) is 5.78 Å². The monoisotopic (exact) mass is 512 g/mol. The number of nitrogens with zero attached hydrogens (tertiary/aromatic N) is 2. The fraction of sp³-hybridized carbons (Fsp3) is 0.250. The van der Waals surface area contributed by atoms with Crippen LogP contribution >= 0.6 is 0 Å². The van der Waals surface area contributed by atoms with Gasteiger partial charge in [-0.3, -0.25) is 14.4 Å². The second kappa shape index (κ2) is 10.9. The van der Waals surface area contributed by atoms with Crippen LogP contribution in [0, 0.1) is 5.82 Å². The normalized spacial score (nSPS) is 13.9. The number of carbonyl (C=O) groups is 3. The zero-order valence-corrected chi connectivity index (χ0v) is 19.8. The maximum atomic E-state index is 13.6. The summed E-state index contributed by atoms with van der Waals surface area (Å²) in [7, 11) is 0. The Morgan fingerprint density at radius 3 is 1.95 bits per heavy atom. The summed E-state index contributed by atoms with van der Waals surface area (Å²) in [5, 5.41) is 0. The summed E-state index contributed by atoms with van der Waals surface area (Å²) in [4.78, 5) is 40.5. The van der Waals surface area contributed by atoms with Crippen LogP contribution in [0.5, 0.6) is 0 Å². The van der Waals surface area contributed by atoms with Crippen molar-refractivity contribution in [3.8, 4) is 11.1 Å². The van der Waals surface area contributed by atoms with Crippen molar-refractivity contribution in [3.05, 3.63) is 95.3 Å². The molecule has 5 nitrogen and oxygen atoms in total. The first kappa shape index (κ1) is 26.1. The van der Waals surface area contributed by atoms with Gasteiger partial charge in [0.05, 0.1) is 11.1 Å². The molecule has 0 spiro atoms. The fourth-order valence-corrected chi connectivity index (χ4v) is 4.27. The maximum Gasteiger partial charge on any atom is 0.417 e. The van der Waals surface area contributed by atoms with Crippen LogP contribution in [0.15, 0.2) is 72.8 Å². The number of halogens is 4. The summed E-state index contributed by atoms with van der Waals surface area (Å²) in [5.41, 5.74) is 0.546. The van der Waals surface area contributed by atoms with Crippen molar-refractivity contribution in [2.75, 3.05) is 26.2 Å². The lowest BCUT2D eigenvalue weighted by Crippen LogP contribution is -2.50. The van der Waals surface area contributed by atoms with Crippen LogP contribution in [0.2, 0.25) is 0 Å². The van der Waals surface area contributed by atoms with E-state index in [9.17, 15) is 31.9 Å². The van der Waals surface area contributed by atoms with Crippen LogP contribution in [-0.2, 0) is 11.0 Å². The fourth-order valence-electron chi connectivity index (χ4n) is 4.27. The first-order valence-electron chi connectivity index (χ1n) is 11.8. The summed E-state index contributed by atoms with van der Waals surface area (Å²) in [6, 6.07) is 18.7. The van der Waals surface area contributed by atoms with E-state index in [1.165, 1.54) is 9.80 Å². The molecule has 0 N–H and O–H groups in total. The molecule has 0 atom stereocenters. The standard InChI is InChI=1S/C28H24F4N2O3/c29-22-10-11-24(28(30,31)32)23(18-22)27(37)34-16-14-33(15-17-34)26(36)13-12-25(35)21-8-6-20(7-9-21)19-4-2-1-3-5-19/h1-11,18H,12-17H2. The van der Waals surface area contributed by atoms with E-state index in [-0.39, 0.29) is 50.7 Å². The Bertz CT molecular complexity index is 1280. The van der Waals surface area contributed by atoms with E-state index in [4.69, 9.17) is 0 Å². The Morgan fingerprint density at radius 1 is 0.730 bits per heavy atom. The number of benzene rings is 3. The second-order valence-electron chi connectivity index (χ2n) is 8.73. The quantitative estimate of drug-likeness (QED) is 0.326. The lowest BCUT2D eigenvalue weighted by atomic mass is 10.0. The van der Waals surface area contributed by atoms with Crippen LogP contribution in [0.3, 0.4) is 0 Å². The Hall–Kier alpha value is -4.01. The number of Topliss-reactive ketones (excluding diaryl/α,β-unsaturated/α-hetero) is 1. The third-order valence-electron chi connectivity index (χ3n) is 6.32. The highest BCUT2D eigenvalue weighted by atomic mass is 19.4. The van der Waals surface area contributed by atoms with E-state index >= 15 is 0 Å². The van der Waals surface area contributed by atoms with Gasteiger partial charge in [-0.25, -0.2) is 4.39 Å². The zero-order valence-electron chi connectivity index (χ0n) is 19.8. The van der Waals surface area contributed by atoms with Gasteiger partial charge in [-0.2, -0.15) is 13.2 Å². The maximum absolute atomic E-state index is 13.6. The smallest absolute Gasteiger partial charge is 0.339 e. The number of rotatable bonds is 6. The lowest BCUT2D eigenvalue weighted by Gasteiger charge is -2.35. The number of alkyl halides is 3. The van der Waals surface area contributed by atoms with Gasteiger partial charge < -0.3 is 9.80 Å². The zero-order chi connectivity index (χ0) is 26.6. The molecular weight excluding hydrogens is 488 g/mol. The molecule has 0 aromatic heterocycles. The molecule has 37 heavy (non-hydrogen) atoms. The second-order valence-corrected chi connectivity index (χ2v) is 8.73. The number of hydrogen-bond donors (Lipinski definition) is 0. The van der Waals surface area contributed by atoms with Crippen molar-refractivity contribution in [3.63, 3.8) is 0 Å². The number of hydrogen-bond acceptors (Lipinski definition) is 3. The van der Waals surface area contributed by atoms with Gasteiger partial charge in [0.25, 0.3) is 5.91 Å². The van der Waals surface area contributed by atoms with E-state index in [1.807, 2.05) is 42.5 Å². The van der Waals surface area contributed by atoms with Gasteiger partial charge >= 0.3 is 6.18 Å². The topological polar surface area (TPSA) is 57.7 Å². The Morgan fingerprint density at radius 2 is 1.32 bits per heavy atom. The summed E-state index contributed by atoms with van der Waals surface area (Å²) in [5.74, 6) is -2.33. The minimum atomic E-state index is -4.80. The van der Waals surface area contributed by atoms with E-state index in [0.29, 0.717) is 23.8 Å². The van der Waals surface area contributed by atoms with Gasteiger partial charge in [-0.05, 0) is 29.3 Å².